The Bertz CT molecular complexity index is 405. The molecule has 1 aromatic rings. The van der Waals surface area contributed by atoms with Crippen LogP contribution in [0.2, 0.25) is 0 Å². The summed E-state index contributed by atoms with van der Waals surface area (Å²) < 4.78 is 0. The number of nitrogen functional groups attached to an aromatic ring is 1. The standard InChI is InChI=1S/C12H19N3O2/c1-8(2)9(3)7-14-10-4-5-12(15(16)17)11(13)6-10/h4-6,8-9,14H,7,13H2,1-3H3. The summed E-state index contributed by atoms with van der Waals surface area (Å²) in [6, 6.07) is 4.71. The molecule has 0 aromatic heterocycles. The van der Waals surface area contributed by atoms with Crippen molar-refractivity contribution >= 4 is 17.1 Å². The van der Waals surface area contributed by atoms with E-state index in [2.05, 4.69) is 26.1 Å². The normalized spacial score (nSPS) is 12.5. The van der Waals surface area contributed by atoms with E-state index in [9.17, 15) is 10.1 Å². The van der Waals surface area contributed by atoms with Crippen LogP contribution < -0.4 is 11.1 Å². The minimum atomic E-state index is -0.476. The van der Waals surface area contributed by atoms with E-state index < -0.39 is 4.92 Å². The van der Waals surface area contributed by atoms with E-state index in [0.29, 0.717) is 11.8 Å². The lowest BCUT2D eigenvalue weighted by Gasteiger charge is -2.17. The summed E-state index contributed by atoms with van der Waals surface area (Å²) in [5, 5.41) is 13.8. The summed E-state index contributed by atoms with van der Waals surface area (Å²) in [6.07, 6.45) is 0. The second-order valence-electron chi connectivity index (χ2n) is 4.63. The fourth-order valence-corrected chi connectivity index (χ4v) is 1.35. The highest BCUT2D eigenvalue weighted by atomic mass is 16.6. The Morgan fingerprint density at radius 3 is 2.53 bits per heavy atom. The third-order valence-electron chi connectivity index (χ3n) is 2.99. The van der Waals surface area contributed by atoms with Crippen LogP contribution in [0.3, 0.4) is 0 Å². The lowest BCUT2D eigenvalue weighted by Crippen LogP contribution is -2.16. The Balaban J connectivity index is 2.68. The minimum absolute atomic E-state index is 0.0486. The molecule has 0 fully saturated rings. The van der Waals surface area contributed by atoms with E-state index in [1.165, 1.54) is 6.07 Å². The first-order valence-electron chi connectivity index (χ1n) is 5.69. The molecular formula is C12H19N3O2. The van der Waals surface area contributed by atoms with Crippen LogP contribution in [-0.2, 0) is 0 Å². The zero-order chi connectivity index (χ0) is 13.0. The van der Waals surface area contributed by atoms with Gasteiger partial charge in [-0.2, -0.15) is 0 Å². The van der Waals surface area contributed by atoms with Crippen LogP contribution in [0.15, 0.2) is 18.2 Å². The number of rotatable bonds is 5. The molecule has 17 heavy (non-hydrogen) atoms. The first-order valence-corrected chi connectivity index (χ1v) is 5.69. The zero-order valence-corrected chi connectivity index (χ0v) is 10.4. The van der Waals surface area contributed by atoms with Crippen molar-refractivity contribution < 1.29 is 4.92 Å². The second-order valence-corrected chi connectivity index (χ2v) is 4.63. The molecule has 5 nitrogen and oxygen atoms in total. The summed E-state index contributed by atoms with van der Waals surface area (Å²) >= 11 is 0. The molecule has 1 unspecified atom stereocenters. The number of nitrogens with two attached hydrogens (primary N) is 1. The molecule has 0 radical (unpaired) electrons. The molecule has 0 aliphatic heterocycles. The second kappa shape index (κ2) is 5.52. The number of nitro groups is 1. The molecule has 1 atom stereocenters. The van der Waals surface area contributed by atoms with E-state index in [-0.39, 0.29) is 11.4 Å². The van der Waals surface area contributed by atoms with Gasteiger partial charge in [0.1, 0.15) is 5.69 Å². The third kappa shape index (κ3) is 3.62. The van der Waals surface area contributed by atoms with Gasteiger partial charge in [-0.3, -0.25) is 10.1 Å². The Morgan fingerprint density at radius 2 is 2.06 bits per heavy atom. The van der Waals surface area contributed by atoms with Crippen molar-refractivity contribution in [3.63, 3.8) is 0 Å². The average Bonchev–Trinajstić information content (AvgIpc) is 2.25. The van der Waals surface area contributed by atoms with E-state index >= 15 is 0 Å². The van der Waals surface area contributed by atoms with Gasteiger partial charge in [-0.1, -0.05) is 20.8 Å². The third-order valence-corrected chi connectivity index (χ3v) is 2.99. The van der Waals surface area contributed by atoms with Crippen molar-refractivity contribution in [1.82, 2.24) is 0 Å². The molecule has 0 spiro atoms. The highest BCUT2D eigenvalue weighted by molar-refractivity contribution is 5.65. The molecule has 1 rings (SSSR count). The number of nitrogens with zero attached hydrogens (tertiary/aromatic N) is 1. The van der Waals surface area contributed by atoms with Crippen LogP contribution in [-0.4, -0.2) is 11.5 Å². The van der Waals surface area contributed by atoms with Gasteiger partial charge in [-0.25, -0.2) is 0 Å². The number of hydrogen-bond acceptors (Lipinski definition) is 4. The largest absolute Gasteiger partial charge is 0.393 e. The summed E-state index contributed by atoms with van der Waals surface area (Å²) in [4.78, 5) is 10.1. The predicted octanol–water partition coefficient (Wildman–Crippen LogP) is 2.88. The Kier molecular flexibility index (Phi) is 4.31. The quantitative estimate of drug-likeness (QED) is 0.468. The van der Waals surface area contributed by atoms with Gasteiger partial charge in [0, 0.05) is 18.3 Å². The molecular weight excluding hydrogens is 218 g/mol. The molecule has 0 heterocycles. The lowest BCUT2D eigenvalue weighted by molar-refractivity contribution is -0.383. The molecule has 3 N–H and O–H groups in total. The van der Waals surface area contributed by atoms with Crippen molar-refractivity contribution in [2.45, 2.75) is 20.8 Å². The van der Waals surface area contributed by atoms with E-state index in [1.54, 1.807) is 12.1 Å². The van der Waals surface area contributed by atoms with Gasteiger partial charge < -0.3 is 11.1 Å². The van der Waals surface area contributed by atoms with Crippen molar-refractivity contribution in [2.75, 3.05) is 17.6 Å². The average molecular weight is 237 g/mol. The van der Waals surface area contributed by atoms with Crippen LogP contribution in [0.1, 0.15) is 20.8 Å². The molecule has 0 aliphatic carbocycles. The Hall–Kier alpha value is -1.78. The monoisotopic (exact) mass is 237 g/mol. The Morgan fingerprint density at radius 1 is 1.41 bits per heavy atom. The lowest BCUT2D eigenvalue weighted by atomic mass is 9.98. The molecule has 0 aliphatic rings. The van der Waals surface area contributed by atoms with Crippen molar-refractivity contribution in [3.05, 3.63) is 28.3 Å². The molecule has 0 bridgehead atoms. The minimum Gasteiger partial charge on any atom is -0.393 e. The van der Waals surface area contributed by atoms with E-state index in [4.69, 9.17) is 5.73 Å². The van der Waals surface area contributed by atoms with Gasteiger partial charge in [0.2, 0.25) is 0 Å². The van der Waals surface area contributed by atoms with Gasteiger partial charge in [0.25, 0.3) is 5.69 Å². The number of benzene rings is 1. The molecule has 5 heteroatoms. The number of nitro benzene ring substituents is 1. The van der Waals surface area contributed by atoms with Crippen LogP contribution in [0, 0.1) is 22.0 Å². The number of nitrogens with one attached hydrogen (secondary N) is 1. The molecule has 1 aromatic carbocycles. The fourth-order valence-electron chi connectivity index (χ4n) is 1.35. The summed E-state index contributed by atoms with van der Waals surface area (Å²) in [6.45, 7) is 7.31. The topological polar surface area (TPSA) is 81.2 Å². The fraction of sp³-hybridized carbons (Fsp3) is 0.500. The van der Waals surface area contributed by atoms with Crippen LogP contribution >= 0.6 is 0 Å². The predicted molar refractivity (Wildman–Crippen MR) is 70.0 cm³/mol. The Labute approximate surface area is 101 Å². The molecule has 0 amide bonds. The maximum atomic E-state index is 10.6. The summed E-state index contributed by atoms with van der Waals surface area (Å²) in [5.74, 6) is 1.13. The number of anilines is 2. The maximum Gasteiger partial charge on any atom is 0.292 e. The van der Waals surface area contributed by atoms with Gasteiger partial charge >= 0.3 is 0 Å². The van der Waals surface area contributed by atoms with Gasteiger partial charge in [-0.05, 0) is 24.0 Å². The van der Waals surface area contributed by atoms with Crippen molar-refractivity contribution in [3.8, 4) is 0 Å². The van der Waals surface area contributed by atoms with Crippen LogP contribution in [0.4, 0.5) is 17.1 Å². The van der Waals surface area contributed by atoms with E-state index in [1.807, 2.05) is 0 Å². The van der Waals surface area contributed by atoms with Crippen LogP contribution in [0.5, 0.6) is 0 Å². The molecule has 94 valence electrons. The molecule has 0 saturated heterocycles. The maximum absolute atomic E-state index is 10.6. The smallest absolute Gasteiger partial charge is 0.292 e. The van der Waals surface area contributed by atoms with E-state index in [0.717, 1.165) is 12.2 Å². The zero-order valence-electron chi connectivity index (χ0n) is 10.4. The highest BCUT2D eigenvalue weighted by Crippen LogP contribution is 2.25. The highest BCUT2D eigenvalue weighted by Gasteiger charge is 2.12. The van der Waals surface area contributed by atoms with Gasteiger partial charge in [0.15, 0.2) is 0 Å². The van der Waals surface area contributed by atoms with Crippen molar-refractivity contribution in [1.29, 1.82) is 0 Å². The SMILES string of the molecule is CC(C)C(C)CNc1ccc([N+](=O)[O-])c(N)c1. The summed E-state index contributed by atoms with van der Waals surface area (Å²) in [7, 11) is 0. The van der Waals surface area contributed by atoms with Crippen molar-refractivity contribution in [2.24, 2.45) is 11.8 Å². The van der Waals surface area contributed by atoms with Gasteiger partial charge in [-0.15, -0.1) is 0 Å². The van der Waals surface area contributed by atoms with Gasteiger partial charge in [0.05, 0.1) is 4.92 Å². The van der Waals surface area contributed by atoms with Crippen LogP contribution in [0.25, 0.3) is 0 Å². The molecule has 0 saturated carbocycles. The first kappa shape index (κ1) is 13.3. The first-order chi connectivity index (χ1) is 7.91. The number of hydrogen-bond donors (Lipinski definition) is 2. The summed E-state index contributed by atoms with van der Waals surface area (Å²) in [5.41, 5.74) is 6.57.